The number of alkyl halides is 1. The second-order valence-electron chi connectivity index (χ2n) is 4.87. The lowest BCUT2D eigenvalue weighted by Gasteiger charge is -2.36. The predicted octanol–water partition coefficient (Wildman–Crippen LogP) is 3.04. The Morgan fingerprint density at radius 3 is 2.69 bits per heavy atom. The molecule has 2 bridgehead atoms. The summed E-state index contributed by atoms with van der Waals surface area (Å²) < 4.78 is 0. The zero-order valence-electron chi connectivity index (χ0n) is 8.18. The van der Waals surface area contributed by atoms with Gasteiger partial charge in [-0.05, 0) is 30.6 Å². The van der Waals surface area contributed by atoms with E-state index in [1.54, 1.807) is 0 Å². The van der Waals surface area contributed by atoms with Gasteiger partial charge in [0.25, 0.3) is 0 Å². The minimum Gasteiger partial charge on any atom is -0.411 e. The maximum absolute atomic E-state index is 8.95. The lowest BCUT2D eigenvalue weighted by atomic mass is 9.70. The van der Waals surface area contributed by atoms with Crippen LogP contribution in [0.15, 0.2) is 5.16 Å². The fourth-order valence-corrected chi connectivity index (χ4v) is 4.26. The first-order valence-corrected chi connectivity index (χ1v) is 5.98. The first kappa shape index (κ1) is 9.50. The molecule has 13 heavy (non-hydrogen) atoms. The number of oxime groups is 1. The van der Waals surface area contributed by atoms with Gasteiger partial charge in [0.2, 0.25) is 0 Å². The number of nitrogens with zero attached hydrogens (tertiary/aromatic N) is 1. The molecule has 0 heterocycles. The van der Waals surface area contributed by atoms with Crippen molar-refractivity contribution in [2.75, 3.05) is 5.33 Å². The Balaban J connectivity index is 2.45. The normalized spacial score (nSPS) is 51.9. The molecule has 3 heteroatoms. The summed E-state index contributed by atoms with van der Waals surface area (Å²) in [5, 5.41) is 13.4. The number of hydrogen-bond donors (Lipinski definition) is 1. The molecule has 0 aromatic rings. The summed E-state index contributed by atoms with van der Waals surface area (Å²) in [7, 11) is 0. The van der Waals surface area contributed by atoms with E-state index in [9.17, 15) is 0 Å². The molecule has 0 unspecified atom stereocenters. The van der Waals surface area contributed by atoms with E-state index in [0.29, 0.717) is 11.3 Å². The zero-order chi connectivity index (χ0) is 9.69. The summed E-state index contributed by atoms with van der Waals surface area (Å²) in [4.78, 5) is 0. The van der Waals surface area contributed by atoms with Crippen molar-refractivity contribution in [1.82, 2.24) is 0 Å². The van der Waals surface area contributed by atoms with Crippen molar-refractivity contribution in [3.8, 4) is 0 Å². The van der Waals surface area contributed by atoms with E-state index in [1.807, 2.05) is 0 Å². The molecule has 0 amide bonds. The van der Waals surface area contributed by atoms with Gasteiger partial charge in [0.1, 0.15) is 0 Å². The van der Waals surface area contributed by atoms with Crippen molar-refractivity contribution in [3.63, 3.8) is 0 Å². The highest BCUT2D eigenvalue weighted by molar-refractivity contribution is 9.09. The molecule has 2 nitrogen and oxygen atoms in total. The quantitative estimate of drug-likeness (QED) is 0.430. The van der Waals surface area contributed by atoms with Crippen molar-refractivity contribution in [1.29, 1.82) is 0 Å². The van der Waals surface area contributed by atoms with E-state index in [2.05, 4.69) is 34.9 Å². The third-order valence-corrected chi connectivity index (χ3v) is 5.79. The largest absolute Gasteiger partial charge is 0.411 e. The smallest absolute Gasteiger partial charge is 0.0638 e. The second-order valence-corrected chi connectivity index (χ2v) is 5.43. The third kappa shape index (κ3) is 0.915. The van der Waals surface area contributed by atoms with E-state index >= 15 is 0 Å². The van der Waals surface area contributed by atoms with Crippen LogP contribution in [0.25, 0.3) is 0 Å². The number of halogens is 1. The van der Waals surface area contributed by atoms with Gasteiger partial charge in [-0.1, -0.05) is 34.9 Å². The molecule has 74 valence electrons. The second kappa shape index (κ2) is 2.72. The van der Waals surface area contributed by atoms with Gasteiger partial charge < -0.3 is 5.21 Å². The lowest BCUT2D eigenvalue weighted by Crippen LogP contribution is -2.36. The maximum Gasteiger partial charge on any atom is 0.0638 e. The van der Waals surface area contributed by atoms with Crippen LogP contribution in [0.5, 0.6) is 0 Å². The van der Waals surface area contributed by atoms with Crippen LogP contribution in [0, 0.1) is 16.7 Å². The van der Waals surface area contributed by atoms with Gasteiger partial charge in [0, 0.05) is 10.7 Å². The predicted molar refractivity (Wildman–Crippen MR) is 56.6 cm³/mol. The van der Waals surface area contributed by atoms with Crippen LogP contribution < -0.4 is 0 Å². The van der Waals surface area contributed by atoms with Crippen LogP contribution in [-0.4, -0.2) is 16.2 Å². The van der Waals surface area contributed by atoms with Crippen molar-refractivity contribution < 1.29 is 5.21 Å². The molecule has 2 aliphatic rings. The third-order valence-electron chi connectivity index (χ3n) is 4.63. The van der Waals surface area contributed by atoms with Gasteiger partial charge in [-0.2, -0.15) is 0 Å². The van der Waals surface area contributed by atoms with Crippen LogP contribution in [0.2, 0.25) is 0 Å². The molecule has 1 N–H and O–H groups in total. The highest BCUT2D eigenvalue weighted by Gasteiger charge is 2.62. The van der Waals surface area contributed by atoms with Crippen molar-refractivity contribution in [3.05, 3.63) is 0 Å². The minimum absolute atomic E-state index is 0.135. The fourth-order valence-electron chi connectivity index (χ4n) is 3.19. The summed E-state index contributed by atoms with van der Waals surface area (Å²) in [6.07, 6.45) is 3.46. The molecule has 0 saturated heterocycles. The molecule has 2 saturated carbocycles. The van der Waals surface area contributed by atoms with E-state index in [0.717, 1.165) is 17.5 Å². The average molecular weight is 246 g/mol. The minimum atomic E-state index is 0.135. The molecular formula is C10H16BrNO. The molecule has 0 spiro atoms. The highest BCUT2D eigenvalue weighted by atomic mass is 79.9. The van der Waals surface area contributed by atoms with E-state index in [1.165, 1.54) is 12.8 Å². The van der Waals surface area contributed by atoms with Gasteiger partial charge in [0.05, 0.1) is 5.71 Å². The average Bonchev–Trinajstić information content (AvgIpc) is 2.51. The molecule has 3 atom stereocenters. The molecular weight excluding hydrogens is 230 g/mol. The van der Waals surface area contributed by atoms with Crippen LogP contribution in [0.3, 0.4) is 0 Å². The first-order valence-electron chi connectivity index (χ1n) is 4.86. The monoisotopic (exact) mass is 245 g/mol. The molecule has 0 aliphatic heterocycles. The first-order chi connectivity index (χ1) is 6.08. The fraction of sp³-hybridized carbons (Fsp3) is 0.900. The number of fused-ring (bicyclic) bond motifs is 2. The molecule has 0 aromatic heterocycles. The number of hydrogen-bond acceptors (Lipinski definition) is 2. The van der Waals surface area contributed by atoms with Gasteiger partial charge in [-0.15, -0.1) is 0 Å². The molecule has 2 rings (SSSR count). The van der Waals surface area contributed by atoms with Gasteiger partial charge in [0.15, 0.2) is 0 Å². The summed E-state index contributed by atoms with van der Waals surface area (Å²) in [6.45, 7) is 4.56. The summed E-state index contributed by atoms with van der Waals surface area (Å²) in [5.41, 5.74) is 1.45. The van der Waals surface area contributed by atoms with Crippen LogP contribution in [0.4, 0.5) is 0 Å². The van der Waals surface area contributed by atoms with Crippen LogP contribution >= 0.6 is 15.9 Å². The highest BCUT2D eigenvalue weighted by Crippen LogP contribution is 2.64. The van der Waals surface area contributed by atoms with E-state index < -0.39 is 0 Å². The SMILES string of the molecule is C[C@]12CC[C@H](C/C1=N/O)[C@]2(C)CBr. The molecule has 0 aromatic carbocycles. The zero-order valence-corrected chi connectivity index (χ0v) is 9.76. The van der Waals surface area contributed by atoms with Crippen LogP contribution in [-0.2, 0) is 0 Å². The lowest BCUT2D eigenvalue weighted by molar-refractivity contribution is 0.199. The Kier molecular flexibility index (Phi) is 1.99. The van der Waals surface area contributed by atoms with Gasteiger partial charge >= 0.3 is 0 Å². The Labute approximate surface area is 87.5 Å². The molecule has 2 aliphatic carbocycles. The summed E-state index contributed by atoms with van der Waals surface area (Å²) >= 11 is 3.61. The Morgan fingerprint density at radius 2 is 2.31 bits per heavy atom. The maximum atomic E-state index is 8.95. The number of rotatable bonds is 1. The molecule has 0 radical (unpaired) electrons. The summed E-state index contributed by atoms with van der Waals surface area (Å²) in [5.74, 6) is 0.711. The van der Waals surface area contributed by atoms with Crippen molar-refractivity contribution >= 4 is 21.6 Å². The van der Waals surface area contributed by atoms with Crippen molar-refractivity contribution in [2.45, 2.75) is 33.1 Å². The standard InChI is InChI=1S/C10H16BrNO/c1-9-4-3-7(5-8(9)12-13)10(9,2)6-11/h7,13H,3-6H2,1-2H3/b12-8-/t7-,9+,10+/m1/s1. The van der Waals surface area contributed by atoms with Gasteiger partial charge in [-0.25, -0.2) is 0 Å². The van der Waals surface area contributed by atoms with Crippen LogP contribution in [0.1, 0.15) is 33.1 Å². The van der Waals surface area contributed by atoms with E-state index in [-0.39, 0.29) is 5.41 Å². The molecule has 2 fully saturated rings. The van der Waals surface area contributed by atoms with Gasteiger partial charge in [-0.3, -0.25) is 0 Å². The Bertz CT molecular complexity index is 266. The summed E-state index contributed by atoms with van der Waals surface area (Å²) in [6, 6.07) is 0. The topological polar surface area (TPSA) is 32.6 Å². The Hall–Kier alpha value is -0.0500. The Morgan fingerprint density at radius 1 is 1.62 bits per heavy atom. The van der Waals surface area contributed by atoms with E-state index in [4.69, 9.17) is 5.21 Å². The van der Waals surface area contributed by atoms with Crippen molar-refractivity contribution in [2.24, 2.45) is 21.9 Å².